The van der Waals surface area contributed by atoms with Gasteiger partial charge in [-0.05, 0) is 24.3 Å². The van der Waals surface area contributed by atoms with Crippen molar-refractivity contribution in [3.8, 4) is 0 Å². The van der Waals surface area contributed by atoms with Gasteiger partial charge in [0.15, 0.2) is 0 Å². The van der Waals surface area contributed by atoms with Crippen molar-refractivity contribution in [1.29, 1.82) is 0 Å². The van der Waals surface area contributed by atoms with Gasteiger partial charge in [-0.2, -0.15) is 0 Å². The van der Waals surface area contributed by atoms with Crippen LogP contribution in [0.4, 0.5) is 4.39 Å². The minimum atomic E-state index is -0.988. The summed E-state index contributed by atoms with van der Waals surface area (Å²) in [5.74, 6) is -1.28. The summed E-state index contributed by atoms with van der Waals surface area (Å²) >= 11 is 6.03. The van der Waals surface area contributed by atoms with E-state index in [4.69, 9.17) is 21.1 Å². The van der Waals surface area contributed by atoms with Crippen LogP contribution in [0.25, 0.3) is 0 Å². The second-order valence-corrected chi connectivity index (χ2v) is 4.77. The van der Waals surface area contributed by atoms with Crippen LogP contribution in [0, 0.1) is 5.82 Å². The Labute approximate surface area is 115 Å². The van der Waals surface area contributed by atoms with Gasteiger partial charge >= 0.3 is 0 Å². The highest BCUT2D eigenvalue weighted by Gasteiger charge is 2.40. The Morgan fingerprint density at radius 1 is 0.947 bits per heavy atom. The molecule has 2 aromatic rings. The van der Waals surface area contributed by atoms with Crippen molar-refractivity contribution in [2.45, 2.75) is 5.79 Å². The van der Waals surface area contributed by atoms with Gasteiger partial charge in [0, 0.05) is 16.1 Å². The highest BCUT2D eigenvalue weighted by Crippen LogP contribution is 2.39. The van der Waals surface area contributed by atoms with Crippen molar-refractivity contribution in [3.05, 3.63) is 70.5 Å². The molecule has 0 aliphatic carbocycles. The number of halogens is 2. The largest absolute Gasteiger partial charge is 0.340 e. The van der Waals surface area contributed by atoms with Crippen LogP contribution in [0.2, 0.25) is 5.02 Å². The molecule has 2 aromatic carbocycles. The minimum absolute atomic E-state index is 0.289. The molecule has 0 spiro atoms. The molecule has 19 heavy (non-hydrogen) atoms. The molecule has 98 valence electrons. The van der Waals surface area contributed by atoms with E-state index in [1.54, 1.807) is 24.3 Å². The van der Waals surface area contributed by atoms with Crippen molar-refractivity contribution in [1.82, 2.24) is 0 Å². The average Bonchev–Trinajstić information content (AvgIpc) is 2.90. The van der Waals surface area contributed by atoms with Crippen molar-refractivity contribution in [2.75, 3.05) is 13.2 Å². The van der Waals surface area contributed by atoms with Gasteiger partial charge in [-0.3, -0.25) is 0 Å². The van der Waals surface area contributed by atoms with Crippen molar-refractivity contribution < 1.29 is 13.9 Å². The third-order valence-corrected chi connectivity index (χ3v) is 3.36. The first kappa shape index (κ1) is 12.6. The standard InChI is InChI=1S/C15H12ClFO2/c16-13-3-1-2-12(10-13)15(18-8-9-19-15)11-4-6-14(17)7-5-11/h1-7,10H,8-9H2. The molecule has 4 heteroatoms. The lowest BCUT2D eigenvalue weighted by Crippen LogP contribution is -2.28. The smallest absolute Gasteiger partial charge is 0.222 e. The lowest BCUT2D eigenvalue weighted by atomic mass is 9.97. The van der Waals surface area contributed by atoms with Gasteiger partial charge in [0.25, 0.3) is 0 Å². The van der Waals surface area contributed by atoms with Crippen LogP contribution >= 0.6 is 11.6 Å². The van der Waals surface area contributed by atoms with Gasteiger partial charge in [0.05, 0.1) is 13.2 Å². The summed E-state index contributed by atoms with van der Waals surface area (Å²) in [4.78, 5) is 0. The molecule has 0 amide bonds. The monoisotopic (exact) mass is 278 g/mol. The van der Waals surface area contributed by atoms with Crippen LogP contribution < -0.4 is 0 Å². The maximum absolute atomic E-state index is 13.1. The predicted molar refractivity (Wildman–Crippen MR) is 70.5 cm³/mol. The Bertz CT molecular complexity index is 577. The van der Waals surface area contributed by atoms with E-state index in [-0.39, 0.29) is 5.82 Å². The molecule has 0 aromatic heterocycles. The Hall–Kier alpha value is -1.42. The van der Waals surface area contributed by atoms with Gasteiger partial charge < -0.3 is 9.47 Å². The summed E-state index contributed by atoms with van der Waals surface area (Å²) in [6.45, 7) is 0.980. The normalized spacial score (nSPS) is 17.6. The van der Waals surface area contributed by atoms with Crippen LogP contribution in [-0.2, 0) is 15.3 Å². The lowest BCUT2D eigenvalue weighted by Gasteiger charge is -2.28. The third kappa shape index (κ3) is 2.25. The lowest BCUT2D eigenvalue weighted by molar-refractivity contribution is -0.129. The highest BCUT2D eigenvalue weighted by molar-refractivity contribution is 6.30. The fourth-order valence-electron chi connectivity index (χ4n) is 2.27. The maximum atomic E-state index is 13.1. The summed E-state index contributed by atoms with van der Waals surface area (Å²) in [5, 5.41) is 0.609. The highest BCUT2D eigenvalue weighted by atomic mass is 35.5. The van der Waals surface area contributed by atoms with E-state index in [0.717, 1.165) is 11.1 Å². The fourth-order valence-corrected chi connectivity index (χ4v) is 2.47. The minimum Gasteiger partial charge on any atom is -0.340 e. The van der Waals surface area contributed by atoms with Crippen LogP contribution in [-0.4, -0.2) is 13.2 Å². The van der Waals surface area contributed by atoms with Crippen LogP contribution in [0.15, 0.2) is 48.5 Å². The first-order chi connectivity index (χ1) is 9.21. The van der Waals surface area contributed by atoms with E-state index in [1.807, 2.05) is 12.1 Å². The fraction of sp³-hybridized carbons (Fsp3) is 0.200. The summed E-state index contributed by atoms with van der Waals surface area (Å²) < 4.78 is 24.7. The maximum Gasteiger partial charge on any atom is 0.222 e. The molecule has 1 fully saturated rings. The van der Waals surface area contributed by atoms with Crippen molar-refractivity contribution in [2.24, 2.45) is 0 Å². The molecule has 2 nitrogen and oxygen atoms in total. The van der Waals surface area contributed by atoms with Gasteiger partial charge in [0.1, 0.15) is 5.82 Å². The second kappa shape index (κ2) is 4.93. The summed E-state index contributed by atoms with van der Waals surface area (Å²) in [7, 11) is 0. The molecule has 0 N–H and O–H groups in total. The first-order valence-corrected chi connectivity index (χ1v) is 6.38. The Morgan fingerprint density at radius 2 is 1.63 bits per heavy atom. The Morgan fingerprint density at radius 3 is 2.26 bits per heavy atom. The first-order valence-electron chi connectivity index (χ1n) is 6.01. The van der Waals surface area contributed by atoms with E-state index in [0.29, 0.717) is 18.2 Å². The van der Waals surface area contributed by atoms with Gasteiger partial charge in [-0.25, -0.2) is 4.39 Å². The topological polar surface area (TPSA) is 18.5 Å². The number of hydrogen-bond acceptors (Lipinski definition) is 2. The molecule has 1 saturated heterocycles. The molecule has 3 rings (SSSR count). The zero-order chi connectivity index (χ0) is 13.3. The Balaban J connectivity index is 2.11. The summed E-state index contributed by atoms with van der Waals surface area (Å²) in [6.07, 6.45) is 0. The zero-order valence-corrected chi connectivity index (χ0v) is 10.9. The summed E-state index contributed by atoms with van der Waals surface area (Å²) in [5.41, 5.74) is 1.57. The molecule has 1 aliphatic heterocycles. The van der Waals surface area contributed by atoms with Crippen LogP contribution in [0.1, 0.15) is 11.1 Å². The number of ether oxygens (including phenoxy) is 2. The second-order valence-electron chi connectivity index (χ2n) is 4.33. The summed E-state index contributed by atoms with van der Waals surface area (Å²) in [6, 6.07) is 13.4. The van der Waals surface area contributed by atoms with Crippen molar-refractivity contribution >= 4 is 11.6 Å². The Kier molecular flexibility index (Phi) is 3.27. The van der Waals surface area contributed by atoms with Crippen LogP contribution in [0.5, 0.6) is 0 Å². The van der Waals surface area contributed by atoms with Gasteiger partial charge in [-0.1, -0.05) is 35.9 Å². The molecule has 1 aliphatic rings. The van der Waals surface area contributed by atoms with E-state index >= 15 is 0 Å². The molecule has 0 atom stereocenters. The van der Waals surface area contributed by atoms with E-state index in [9.17, 15) is 4.39 Å². The van der Waals surface area contributed by atoms with E-state index in [2.05, 4.69) is 0 Å². The number of rotatable bonds is 2. The molecule has 1 heterocycles. The molecular formula is C15H12ClFO2. The predicted octanol–water partition coefficient (Wildman–Crippen LogP) is 3.73. The SMILES string of the molecule is Fc1ccc(C2(c3cccc(Cl)c3)OCCO2)cc1. The number of benzene rings is 2. The average molecular weight is 279 g/mol. The van der Waals surface area contributed by atoms with Gasteiger partial charge in [0.2, 0.25) is 5.79 Å². The third-order valence-electron chi connectivity index (χ3n) is 3.12. The van der Waals surface area contributed by atoms with Crippen molar-refractivity contribution in [3.63, 3.8) is 0 Å². The quantitative estimate of drug-likeness (QED) is 0.833. The molecule has 0 bridgehead atoms. The molecule has 0 radical (unpaired) electrons. The van der Waals surface area contributed by atoms with Gasteiger partial charge in [-0.15, -0.1) is 0 Å². The zero-order valence-electron chi connectivity index (χ0n) is 10.1. The van der Waals surface area contributed by atoms with E-state index < -0.39 is 5.79 Å². The molecule has 0 unspecified atom stereocenters. The van der Waals surface area contributed by atoms with Crippen LogP contribution in [0.3, 0.4) is 0 Å². The molecular weight excluding hydrogens is 267 g/mol. The molecule has 0 saturated carbocycles. The van der Waals surface area contributed by atoms with E-state index in [1.165, 1.54) is 12.1 Å². The number of hydrogen-bond donors (Lipinski definition) is 0.